The van der Waals surface area contributed by atoms with Crippen molar-refractivity contribution in [3.63, 3.8) is 0 Å². The molecular weight excluding hydrogens is 462 g/mol. The molecule has 3 aromatic carbocycles. The summed E-state index contributed by atoms with van der Waals surface area (Å²) in [7, 11) is 1.64. The minimum absolute atomic E-state index is 0.0404. The van der Waals surface area contributed by atoms with Gasteiger partial charge >= 0.3 is 6.29 Å². The predicted octanol–water partition coefficient (Wildman–Crippen LogP) is 4.90. The second-order valence-corrected chi connectivity index (χ2v) is 9.81. The maximum Gasteiger partial charge on any atom is 0.586 e. The first-order valence-corrected chi connectivity index (χ1v) is 11.9. The van der Waals surface area contributed by atoms with Crippen LogP contribution < -0.4 is 19.5 Å². The molecule has 1 atom stereocenters. The molecular formula is C25H22F2N2O4S. The third-order valence-corrected chi connectivity index (χ3v) is 7.26. The van der Waals surface area contributed by atoms with Gasteiger partial charge in [-0.15, -0.1) is 13.5 Å². The third-order valence-electron chi connectivity index (χ3n) is 6.19. The Morgan fingerprint density at radius 2 is 1.71 bits per heavy atom. The molecule has 1 aliphatic heterocycles. The molecule has 1 saturated carbocycles. The monoisotopic (exact) mass is 484 g/mol. The van der Waals surface area contributed by atoms with Crippen LogP contribution in [0.4, 0.5) is 14.5 Å². The molecule has 0 aromatic heterocycles. The highest BCUT2D eigenvalue weighted by atomic mass is 32.2. The summed E-state index contributed by atoms with van der Waals surface area (Å²) < 4.78 is 50.3. The van der Waals surface area contributed by atoms with Crippen molar-refractivity contribution in [3.05, 3.63) is 71.8 Å². The molecule has 1 amide bonds. The number of ether oxygens (including phenoxy) is 2. The number of halogens is 2. The van der Waals surface area contributed by atoms with Gasteiger partial charge in [-0.2, -0.15) is 0 Å². The number of hydrogen-bond donors (Lipinski definition) is 2. The van der Waals surface area contributed by atoms with Gasteiger partial charge in [-0.1, -0.05) is 12.1 Å². The van der Waals surface area contributed by atoms with Crippen molar-refractivity contribution in [2.45, 2.75) is 36.4 Å². The van der Waals surface area contributed by atoms with E-state index in [1.807, 2.05) is 49.4 Å². The molecule has 1 unspecified atom stereocenters. The van der Waals surface area contributed by atoms with E-state index in [1.54, 1.807) is 13.1 Å². The molecule has 2 N–H and O–H groups in total. The highest BCUT2D eigenvalue weighted by molar-refractivity contribution is 7.89. The first-order valence-electron chi connectivity index (χ1n) is 10.7. The van der Waals surface area contributed by atoms with E-state index in [-0.39, 0.29) is 17.4 Å². The lowest BCUT2D eigenvalue weighted by atomic mass is 9.94. The van der Waals surface area contributed by atoms with Crippen LogP contribution in [-0.2, 0) is 21.6 Å². The molecule has 1 heterocycles. The lowest BCUT2D eigenvalue weighted by Gasteiger charge is -2.17. The normalized spacial score (nSPS) is 17.8. The van der Waals surface area contributed by atoms with Crippen LogP contribution in [-0.4, -0.2) is 23.8 Å². The van der Waals surface area contributed by atoms with Crippen LogP contribution in [0.1, 0.15) is 24.0 Å². The molecule has 0 saturated heterocycles. The van der Waals surface area contributed by atoms with Gasteiger partial charge in [-0.3, -0.25) is 4.79 Å². The zero-order valence-corrected chi connectivity index (χ0v) is 19.3. The quantitative estimate of drug-likeness (QED) is 0.487. The van der Waals surface area contributed by atoms with Crippen molar-refractivity contribution >= 4 is 23.0 Å². The fourth-order valence-electron chi connectivity index (χ4n) is 4.21. The first kappa shape index (κ1) is 22.6. The van der Waals surface area contributed by atoms with Crippen LogP contribution in [0.25, 0.3) is 11.1 Å². The number of nitrogens with one attached hydrogen (secondary N) is 2. The Bertz CT molecular complexity index is 1260. The van der Waals surface area contributed by atoms with Gasteiger partial charge in [0.05, 0.1) is 16.8 Å². The number of aryl methyl sites for hydroxylation is 1. The summed E-state index contributed by atoms with van der Waals surface area (Å²) in [6.07, 6.45) is -2.46. The van der Waals surface area contributed by atoms with E-state index in [0.29, 0.717) is 29.0 Å². The molecule has 5 rings (SSSR count). The van der Waals surface area contributed by atoms with E-state index in [9.17, 15) is 18.1 Å². The number of hydrogen-bond acceptors (Lipinski definition) is 5. The van der Waals surface area contributed by atoms with Gasteiger partial charge in [0, 0.05) is 12.7 Å². The second kappa shape index (κ2) is 8.26. The number of benzene rings is 3. The summed E-state index contributed by atoms with van der Waals surface area (Å²) in [4.78, 5) is 13.8. The second-order valence-electron chi connectivity index (χ2n) is 8.39. The molecule has 0 bridgehead atoms. The molecule has 1 fully saturated rings. The minimum atomic E-state index is -3.69. The smallest absolute Gasteiger partial charge is 0.586 e. The molecule has 0 radical (unpaired) electrons. The van der Waals surface area contributed by atoms with Gasteiger partial charge in [0.2, 0.25) is 5.91 Å². The van der Waals surface area contributed by atoms with Crippen LogP contribution in [0, 0.1) is 6.92 Å². The molecule has 3 aromatic rings. The van der Waals surface area contributed by atoms with Gasteiger partial charge in [-0.25, -0.2) is 0 Å². The Morgan fingerprint density at radius 1 is 1.00 bits per heavy atom. The van der Waals surface area contributed by atoms with Crippen molar-refractivity contribution in [3.8, 4) is 22.6 Å². The van der Waals surface area contributed by atoms with Crippen LogP contribution in [0.3, 0.4) is 0 Å². The number of anilines is 1. The lowest BCUT2D eigenvalue weighted by Crippen LogP contribution is -2.28. The standard InChI is InChI=1S/C25H22F2N2O4S/c1-15-13-18(6-9-20(15)16-3-7-19(8-4-16)34(31)28-2)29-23(30)24(11-12-24)17-5-10-21-22(14-17)33-25(26,27)32-21/h3-10,13-14,28H,11-12H2,1-2H3,(H,29,30). The SMILES string of the molecule is CN[S+]([O-])c1ccc(-c2ccc(NC(=O)C3(c4ccc5c(c4)OC(F)(F)O5)CC3)cc2C)cc1. The summed E-state index contributed by atoms with van der Waals surface area (Å²) in [5.74, 6) is -0.295. The average molecular weight is 485 g/mol. The minimum Gasteiger partial charge on any atom is -0.593 e. The maximum atomic E-state index is 13.4. The number of amides is 1. The molecule has 2 aliphatic rings. The van der Waals surface area contributed by atoms with Crippen molar-refractivity contribution in [2.75, 3.05) is 12.4 Å². The van der Waals surface area contributed by atoms with Crippen LogP contribution in [0.2, 0.25) is 0 Å². The Balaban J connectivity index is 1.32. The fraction of sp³-hybridized carbons (Fsp3) is 0.240. The molecule has 176 valence electrons. The van der Waals surface area contributed by atoms with Gasteiger partial charge in [0.15, 0.2) is 16.4 Å². The third kappa shape index (κ3) is 4.11. The Hall–Kier alpha value is -3.14. The first-order chi connectivity index (χ1) is 16.2. The van der Waals surface area contributed by atoms with Crippen molar-refractivity contribution in [1.29, 1.82) is 0 Å². The van der Waals surface area contributed by atoms with Gasteiger partial charge in [-0.05, 0) is 90.6 Å². The number of alkyl halides is 2. The highest BCUT2D eigenvalue weighted by Crippen LogP contribution is 2.52. The molecule has 6 nitrogen and oxygen atoms in total. The molecule has 9 heteroatoms. The maximum absolute atomic E-state index is 13.4. The zero-order valence-electron chi connectivity index (χ0n) is 18.5. The summed E-state index contributed by atoms with van der Waals surface area (Å²) in [5, 5.41) is 2.97. The van der Waals surface area contributed by atoms with Gasteiger partial charge in [0.25, 0.3) is 0 Å². The summed E-state index contributed by atoms with van der Waals surface area (Å²) in [5.41, 5.74) is 3.44. The van der Waals surface area contributed by atoms with E-state index in [0.717, 1.165) is 16.7 Å². The van der Waals surface area contributed by atoms with Crippen LogP contribution in [0.5, 0.6) is 11.5 Å². The van der Waals surface area contributed by atoms with Crippen LogP contribution in [0.15, 0.2) is 65.6 Å². The number of carbonyl (C=O) groups is 1. The summed E-state index contributed by atoms with van der Waals surface area (Å²) in [6.45, 7) is 1.95. The summed E-state index contributed by atoms with van der Waals surface area (Å²) >= 11 is -1.24. The molecule has 0 spiro atoms. The number of rotatable bonds is 6. The Labute approximate surface area is 198 Å². The Kier molecular flexibility index (Phi) is 5.50. The van der Waals surface area contributed by atoms with Crippen molar-refractivity contribution in [2.24, 2.45) is 0 Å². The van der Waals surface area contributed by atoms with Gasteiger partial charge in [0.1, 0.15) is 0 Å². The fourth-order valence-corrected chi connectivity index (χ4v) is 4.83. The Morgan fingerprint density at radius 3 is 2.35 bits per heavy atom. The van der Waals surface area contributed by atoms with E-state index in [1.165, 1.54) is 12.1 Å². The largest absolute Gasteiger partial charge is 0.593 e. The molecule has 1 aliphatic carbocycles. The molecule has 34 heavy (non-hydrogen) atoms. The van der Waals surface area contributed by atoms with Crippen molar-refractivity contribution in [1.82, 2.24) is 4.72 Å². The topological polar surface area (TPSA) is 82.7 Å². The highest BCUT2D eigenvalue weighted by Gasteiger charge is 2.52. The lowest BCUT2D eigenvalue weighted by molar-refractivity contribution is -0.286. The summed E-state index contributed by atoms with van der Waals surface area (Å²) in [6, 6.07) is 17.6. The van der Waals surface area contributed by atoms with Crippen LogP contribution >= 0.6 is 0 Å². The zero-order chi connectivity index (χ0) is 24.1. The van der Waals surface area contributed by atoms with Crippen molar-refractivity contribution < 1.29 is 27.6 Å². The van der Waals surface area contributed by atoms with Gasteiger partial charge < -0.3 is 19.3 Å². The predicted molar refractivity (Wildman–Crippen MR) is 124 cm³/mol. The van der Waals surface area contributed by atoms with E-state index in [2.05, 4.69) is 19.5 Å². The van der Waals surface area contributed by atoms with E-state index in [4.69, 9.17) is 0 Å². The average Bonchev–Trinajstić information content (AvgIpc) is 3.56. The van der Waals surface area contributed by atoms with E-state index < -0.39 is 23.1 Å². The van der Waals surface area contributed by atoms with E-state index >= 15 is 0 Å². The number of carbonyl (C=O) groups excluding carboxylic acids is 1. The number of fused-ring (bicyclic) bond motifs is 1.